The molecular weight excluding hydrogens is 283 g/mol. The second-order valence-corrected chi connectivity index (χ2v) is 4.05. The summed E-state index contributed by atoms with van der Waals surface area (Å²) < 4.78 is 5.37. The standard InChI is InChI=1S/C8H9IN2O2/c1-3-11-7(9)6-5(8(11)12)10-4(2)13-6/h7H,3H2,1-2H3. The van der Waals surface area contributed by atoms with Crippen molar-refractivity contribution in [2.75, 3.05) is 6.54 Å². The summed E-state index contributed by atoms with van der Waals surface area (Å²) in [6.07, 6.45) is 0. The number of alkyl halides is 1. The molecule has 1 amide bonds. The molecule has 2 rings (SSSR count). The molecule has 0 bridgehead atoms. The molecule has 1 aliphatic heterocycles. The van der Waals surface area contributed by atoms with E-state index in [0.717, 1.165) is 0 Å². The number of amides is 1. The van der Waals surface area contributed by atoms with Crippen LogP contribution >= 0.6 is 22.6 Å². The summed E-state index contributed by atoms with van der Waals surface area (Å²) in [4.78, 5) is 17.4. The quantitative estimate of drug-likeness (QED) is 0.451. The average molecular weight is 292 g/mol. The highest BCUT2D eigenvalue weighted by Crippen LogP contribution is 2.38. The van der Waals surface area contributed by atoms with Gasteiger partial charge in [-0.1, -0.05) is 0 Å². The predicted molar refractivity (Wildman–Crippen MR) is 54.7 cm³/mol. The number of oxazole rings is 1. The lowest BCUT2D eigenvalue weighted by Gasteiger charge is -2.16. The van der Waals surface area contributed by atoms with E-state index in [1.807, 2.05) is 6.92 Å². The Hall–Kier alpha value is -0.590. The number of hydrogen-bond donors (Lipinski definition) is 0. The third kappa shape index (κ3) is 1.17. The molecule has 0 spiro atoms. The number of hydrogen-bond acceptors (Lipinski definition) is 3. The van der Waals surface area contributed by atoms with Crippen LogP contribution in [0.25, 0.3) is 0 Å². The van der Waals surface area contributed by atoms with Gasteiger partial charge in [0.15, 0.2) is 17.3 Å². The van der Waals surface area contributed by atoms with E-state index in [1.54, 1.807) is 11.8 Å². The summed E-state index contributed by atoms with van der Waals surface area (Å²) in [5.41, 5.74) is 0.485. The number of halogens is 1. The summed E-state index contributed by atoms with van der Waals surface area (Å²) in [6.45, 7) is 4.39. The molecule has 0 N–H and O–H groups in total. The van der Waals surface area contributed by atoms with Crippen LogP contribution in [0.4, 0.5) is 0 Å². The van der Waals surface area contributed by atoms with Gasteiger partial charge in [0.1, 0.15) is 4.05 Å². The highest BCUT2D eigenvalue weighted by Gasteiger charge is 2.39. The number of nitrogens with zero attached hydrogens (tertiary/aromatic N) is 2. The fourth-order valence-electron chi connectivity index (χ4n) is 1.44. The van der Waals surface area contributed by atoms with E-state index in [0.29, 0.717) is 23.9 Å². The van der Waals surface area contributed by atoms with E-state index in [1.165, 1.54) is 0 Å². The molecule has 1 atom stereocenters. The molecule has 0 saturated carbocycles. The van der Waals surface area contributed by atoms with Crippen molar-refractivity contribution in [1.29, 1.82) is 0 Å². The van der Waals surface area contributed by atoms with Gasteiger partial charge >= 0.3 is 0 Å². The van der Waals surface area contributed by atoms with Crippen molar-refractivity contribution in [2.45, 2.75) is 17.9 Å². The van der Waals surface area contributed by atoms with Crippen molar-refractivity contribution in [3.8, 4) is 0 Å². The van der Waals surface area contributed by atoms with Gasteiger partial charge in [-0.05, 0) is 29.5 Å². The number of aromatic nitrogens is 1. The second-order valence-electron chi connectivity index (χ2n) is 2.87. The molecule has 4 nitrogen and oxygen atoms in total. The number of aryl methyl sites for hydroxylation is 1. The molecule has 1 unspecified atom stereocenters. The van der Waals surface area contributed by atoms with Gasteiger partial charge in [-0.3, -0.25) is 4.79 Å². The largest absolute Gasteiger partial charge is 0.442 e. The zero-order chi connectivity index (χ0) is 9.59. The Balaban J connectivity index is 2.47. The van der Waals surface area contributed by atoms with E-state index in [-0.39, 0.29) is 9.96 Å². The molecule has 1 aliphatic rings. The van der Waals surface area contributed by atoms with Crippen molar-refractivity contribution in [2.24, 2.45) is 0 Å². The van der Waals surface area contributed by atoms with Crippen molar-refractivity contribution >= 4 is 28.5 Å². The molecule has 13 heavy (non-hydrogen) atoms. The zero-order valence-electron chi connectivity index (χ0n) is 7.37. The van der Waals surface area contributed by atoms with Gasteiger partial charge in [0.25, 0.3) is 5.91 Å². The summed E-state index contributed by atoms with van der Waals surface area (Å²) in [5, 5.41) is 0. The van der Waals surface area contributed by atoms with Gasteiger partial charge in [0, 0.05) is 13.5 Å². The lowest BCUT2D eigenvalue weighted by molar-refractivity contribution is 0.0779. The predicted octanol–water partition coefficient (Wildman–Crippen LogP) is 1.89. The maximum atomic E-state index is 11.7. The van der Waals surface area contributed by atoms with Crippen LogP contribution in [0.2, 0.25) is 0 Å². The first-order valence-electron chi connectivity index (χ1n) is 4.07. The van der Waals surface area contributed by atoms with E-state index < -0.39 is 0 Å². The first-order valence-corrected chi connectivity index (χ1v) is 5.32. The van der Waals surface area contributed by atoms with Crippen LogP contribution in [0.5, 0.6) is 0 Å². The van der Waals surface area contributed by atoms with Crippen LogP contribution < -0.4 is 0 Å². The minimum atomic E-state index is -0.0197. The third-order valence-corrected chi connectivity index (χ3v) is 3.29. The topological polar surface area (TPSA) is 46.3 Å². The van der Waals surface area contributed by atoms with E-state index in [9.17, 15) is 4.79 Å². The minimum absolute atomic E-state index is 0.00583. The molecule has 0 aromatic carbocycles. The van der Waals surface area contributed by atoms with Crippen LogP contribution in [-0.4, -0.2) is 22.3 Å². The molecule has 0 aliphatic carbocycles. The molecule has 2 heterocycles. The summed E-state index contributed by atoms with van der Waals surface area (Å²) >= 11 is 2.19. The maximum absolute atomic E-state index is 11.7. The normalized spacial score (nSPS) is 21.0. The first-order chi connectivity index (χ1) is 6.15. The highest BCUT2D eigenvalue weighted by atomic mass is 127. The zero-order valence-corrected chi connectivity index (χ0v) is 9.53. The number of carbonyl (C=O) groups is 1. The third-order valence-electron chi connectivity index (χ3n) is 2.05. The molecule has 0 radical (unpaired) electrons. The Morgan fingerprint density at radius 1 is 1.69 bits per heavy atom. The lowest BCUT2D eigenvalue weighted by Crippen LogP contribution is -2.25. The average Bonchev–Trinajstić information content (AvgIpc) is 2.55. The molecule has 0 fully saturated rings. The van der Waals surface area contributed by atoms with Gasteiger partial charge in [0.05, 0.1) is 0 Å². The van der Waals surface area contributed by atoms with E-state index in [2.05, 4.69) is 27.6 Å². The van der Waals surface area contributed by atoms with E-state index in [4.69, 9.17) is 4.42 Å². The SMILES string of the molecule is CCN1C(=O)c2nc(C)oc2C1I. The molecule has 1 aromatic rings. The molecule has 5 heteroatoms. The van der Waals surface area contributed by atoms with Crippen molar-refractivity contribution in [1.82, 2.24) is 9.88 Å². The summed E-state index contributed by atoms with van der Waals surface area (Å²) in [6, 6.07) is 0. The van der Waals surface area contributed by atoms with Crippen LogP contribution in [0.3, 0.4) is 0 Å². The second kappa shape index (κ2) is 2.97. The fraction of sp³-hybridized carbons (Fsp3) is 0.500. The summed E-state index contributed by atoms with van der Waals surface area (Å²) in [7, 11) is 0. The minimum Gasteiger partial charge on any atom is -0.442 e. The molecule has 70 valence electrons. The number of rotatable bonds is 1. The van der Waals surface area contributed by atoms with Crippen LogP contribution in [0.1, 0.15) is 33.1 Å². The lowest BCUT2D eigenvalue weighted by atomic mass is 10.4. The Labute approximate surface area is 89.4 Å². The molecule has 0 saturated heterocycles. The van der Waals surface area contributed by atoms with Crippen molar-refractivity contribution in [3.63, 3.8) is 0 Å². The monoisotopic (exact) mass is 292 g/mol. The first kappa shape index (κ1) is 8.98. The van der Waals surface area contributed by atoms with Gasteiger partial charge in [0.2, 0.25) is 0 Å². The van der Waals surface area contributed by atoms with Crippen LogP contribution in [-0.2, 0) is 0 Å². The number of fused-ring (bicyclic) bond motifs is 1. The Bertz CT molecular complexity index is 361. The Morgan fingerprint density at radius 3 is 2.92 bits per heavy atom. The van der Waals surface area contributed by atoms with Crippen LogP contribution in [0, 0.1) is 6.92 Å². The van der Waals surface area contributed by atoms with Crippen LogP contribution in [0.15, 0.2) is 4.42 Å². The van der Waals surface area contributed by atoms with Gasteiger partial charge in [-0.2, -0.15) is 0 Å². The molecular formula is C8H9IN2O2. The van der Waals surface area contributed by atoms with Gasteiger partial charge < -0.3 is 9.32 Å². The maximum Gasteiger partial charge on any atom is 0.277 e. The highest BCUT2D eigenvalue weighted by molar-refractivity contribution is 14.1. The fourth-order valence-corrected chi connectivity index (χ4v) is 2.51. The van der Waals surface area contributed by atoms with Gasteiger partial charge in [-0.15, -0.1) is 0 Å². The molecule has 1 aromatic heterocycles. The van der Waals surface area contributed by atoms with Crippen molar-refractivity contribution < 1.29 is 9.21 Å². The van der Waals surface area contributed by atoms with Crippen molar-refractivity contribution in [3.05, 3.63) is 17.3 Å². The summed E-state index contributed by atoms with van der Waals surface area (Å²) in [5.74, 6) is 1.24. The number of carbonyl (C=O) groups excluding carboxylic acids is 1. The Kier molecular flexibility index (Phi) is 2.05. The Morgan fingerprint density at radius 2 is 2.38 bits per heavy atom. The smallest absolute Gasteiger partial charge is 0.277 e. The van der Waals surface area contributed by atoms with Gasteiger partial charge in [-0.25, -0.2) is 4.98 Å². The van der Waals surface area contributed by atoms with E-state index >= 15 is 0 Å².